The van der Waals surface area contributed by atoms with E-state index in [1.54, 1.807) is 0 Å². The lowest BCUT2D eigenvalue weighted by Crippen LogP contribution is -2.15. The summed E-state index contributed by atoms with van der Waals surface area (Å²) in [6.45, 7) is 4.49. The van der Waals surface area contributed by atoms with Crippen LogP contribution in [0.15, 0.2) is 48.6 Å². The molecule has 1 N–H and O–H groups in total. The van der Waals surface area contributed by atoms with Crippen LogP contribution in [-0.2, 0) is 10.1 Å². The van der Waals surface area contributed by atoms with Gasteiger partial charge in [-0.25, -0.2) is 0 Å². The van der Waals surface area contributed by atoms with Crippen molar-refractivity contribution in [3.8, 4) is 0 Å². The summed E-state index contributed by atoms with van der Waals surface area (Å²) in [5, 5.41) is 0. The zero-order chi connectivity index (χ0) is 30.8. The van der Waals surface area contributed by atoms with Gasteiger partial charge < -0.3 is 0 Å². The van der Waals surface area contributed by atoms with Crippen LogP contribution in [0.3, 0.4) is 0 Å². The van der Waals surface area contributed by atoms with Crippen LogP contribution in [0.1, 0.15) is 181 Å². The predicted molar refractivity (Wildman–Crippen MR) is 188 cm³/mol. The van der Waals surface area contributed by atoms with E-state index in [4.69, 9.17) is 0 Å². The average molecular weight is 607 g/mol. The molecule has 0 radical (unpaired) electrons. The Hall–Kier alpha value is -1.13. The van der Waals surface area contributed by atoms with E-state index >= 15 is 0 Å². The summed E-state index contributed by atoms with van der Waals surface area (Å²) in [5.74, 6) is 0.0460. The Labute approximate surface area is 263 Å². The smallest absolute Gasteiger partial charge is 0.265 e. The third-order valence-corrected chi connectivity index (χ3v) is 8.96. The van der Waals surface area contributed by atoms with Gasteiger partial charge in [0.05, 0.1) is 5.75 Å². The molecule has 0 aromatic rings. The van der Waals surface area contributed by atoms with Gasteiger partial charge in [0.2, 0.25) is 0 Å². The van der Waals surface area contributed by atoms with Gasteiger partial charge in [-0.2, -0.15) is 8.42 Å². The Bertz CT molecular complexity index is 715. The lowest BCUT2D eigenvalue weighted by Gasteiger charge is -2.15. The van der Waals surface area contributed by atoms with Crippen molar-refractivity contribution >= 4 is 10.1 Å². The first kappa shape index (κ1) is 40.9. The number of hydrogen-bond donors (Lipinski definition) is 1. The van der Waals surface area contributed by atoms with E-state index in [-0.39, 0.29) is 11.7 Å². The number of hydrogen-bond acceptors (Lipinski definition) is 2. The van der Waals surface area contributed by atoms with E-state index in [1.807, 2.05) is 0 Å². The molecule has 0 unspecified atom stereocenters. The van der Waals surface area contributed by atoms with Gasteiger partial charge in [0.1, 0.15) is 0 Å². The molecule has 3 nitrogen and oxygen atoms in total. The summed E-state index contributed by atoms with van der Waals surface area (Å²) >= 11 is 0. The average Bonchev–Trinajstić information content (AvgIpc) is 2.95. The predicted octanol–water partition coefficient (Wildman–Crippen LogP) is 12.9. The van der Waals surface area contributed by atoms with E-state index in [0.717, 1.165) is 38.5 Å². The van der Waals surface area contributed by atoms with Crippen LogP contribution >= 0.6 is 0 Å². The fourth-order valence-electron chi connectivity index (χ4n) is 5.45. The van der Waals surface area contributed by atoms with Crippen molar-refractivity contribution in [2.24, 2.45) is 5.92 Å². The van der Waals surface area contributed by atoms with Gasteiger partial charge in [-0.15, -0.1) is 0 Å². The van der Waals surface area contributed by atoms with Crippen molar-refractivity contribution in [2.75, 3.05) is 5.75 Å². The molecule has 0 aromatic carbocycles. The van der Waals surface area contributed by atoms with Crippen LogP contribution in [0, 0.1) is 5.92 Å². The first-order valence-corrected chi connectivity index (χ1v) is 19.7. The van der Waals surface area contributed by atoms with Gasteiger partial charge in [0.25, 0.3) is 10.1 Å². The standard InChI is InChI=1S/C38H70O3S/c1-3-5-7-9-11-13-15-17-19-21-23-25-27-29-31-33-35-38(37-42(39,40)41)36-34-32-30-28-26-24-22-20-18-16-14-12-10-8-6-4-2/h11-14,17-20,38H,3-10,15-16,21-37H2,1-2H3,(H,39,40,41)/b13-11-,14-12-,19-17-,20-18-. The molecule has 42 heavy (non-hydrogen) atoms. The fraction of sp³-hybridized carbons (Fsp3) is 0.789. The Kier molecular flexibility index (Phi) is 31.9. The van der Waals surface area contributed by atoms with E-state index in [1.165, 1.54) is 128 Å². The Morgan fingerprint density at radius 2 is 0.762 bits per heavy atom. The minimum Gasteiger partial charge on any atom is -0.286 e. The molecule has 0 atom stereocenters. The van der Waals surface area contributed by atoms with Gasteiger partial charge in [0.15, 0.2) is 0 Å². The first-order chi connectivity index (χ1) is 20.5. The van der Waals surface area contributed by atoms with Crippen LogP contribution in [0.5, 0.6) is 0 Å². The van der Waals surface area contributed by atoms with Crippen LogP contribution < -0.4 is 0 Å². The Morgan fingerprint density at radius 1 is 0.452 bits per heavy atom. The third-order valence-electron chi connectivity index (χ3n) is 8.07. The summed E-state index contributed by atoms with van der Waals surface area (Å²) < 4.78 is 32.5. The zero-order valence-electron chi connectivity index (χ0n) is 28.0. The summed E-state index contributed by atoms with van der Waals surface area (Å²) in [7, 11) is -3.89. The van der Waals surface area contributed by atoms with Crippen LogP contribution in [0.25, 0.3) is 0 Å². The van der Waals surface area contributed by atoms with E-state index in [2.05, 4.69) is 62.5 Å². The maximum atomic E-state index is 11.5. The van der Waals surface area contributed by atoms with E-state index < -0.39 is 10.1 Å². The van der Waals surface area contributed by atoms with Crippen LogP contribution in [0.2, 0.25) is 0 Å². The number of rotatable bonds is 32. The number of unbranched alkanes of at least 4 members (excludes halogenated alkanes) is 18. The monoisotopic (exact) mass is 607 g/mol. The van der Waals surface area contributed by atoms with E-state index in [0.29, 0.717) is 0 Å². The maximum Gasteiger partial charge on any atom is 0.265 e. The van der Waals surface area contributed by atoms with Crippen molar-refractivity contribution < 1.29 is 13.0 Å². The maximum absolute atomic E-state index is 11.5. The first-order valence-electron chi connectivity index (χ1n) is 18.0. The molecule has 0 spiro atoms. The quantitative estimate of drug-likeness (QED) is 0.0471. The van der Waals surface area contributed by atoms with Crippen molar-refractivity contribution in [2.45, 2.75) is 181 Å². The van der Waals surface area contributed by atoms with E-state index in [9.17, 15) is 13.0 Å². The molecule has 0 bridgehead atoms. The van der Waals surface area contributed by atoms with Crippen LogP contribution in [0.4, 0.5) is 0 Å². The fourth-order valence-corrected chi connectivity index (χ4v) is 6.38. The van der Waals surface area contributed by atoms with Crippen molar-refractivity contribution in [1.82, 2.24) is 0 Å². The second-order valence-corrected chi connectivity index (χ2v) is 13.9. The summed E-state index contributed by atoms with van der Waals surface area (Å²) in [4.78, 5) is 0. The molecule has 0 heterocycles. The molecular weight excluding hydrogens is 536 g/mol. The normalized spacial score (nSPS) is 12.9. The second kappa shape index (κ2) is 32.8. The second-order valence-electron chi connectivity index (χ2n) is 12.4. The minimum absolute atomic E-state index is 0.0620. The molecule has 0 fully saturated rings. The highest BCUT2D eigenvalue weighted by Crippen LogP contribution is 2.21. The summed E-state index contributed by atoms with van der Waals surface area (Å²) in [6, 6.07) is 0. The summed E-state index contributed by atoms with van der Waals surface area (Å²) in [5.41, 5.74) is 0. The zero-order valence-corrected chi connectivity index (χ0v) is 28.8. The van der Waals surface area contributed by atoms with Gasteiger partial charge in [0, 0.05) is 0 Å². The van der Waals surface area contributed by atoms with Crippen molar-refractivity contribution in [1.29, 1.82) is 0 Å². The lowest BCUT2D eigenvalue weighted by atomic mass is 9.95. The highest BCUT2D eigenvalue weighted by atomic mass is 32.2. The van der Waals surface area contributed by atoms with Gasteiger partial charge >= 0.3 is 0 Å². The molecule has 0 saturated carbocycles. The Morgan fingerprint density at radius 3 is 1.10 bits per heavy atom. The number of allylic oxidation sites excluding steroid dienone is 8. The SMILES string of the molecule is CCCCC/C=C\C/C=C\CCCCCCCCC(CCCCCCCC/C=C\C/C=C\CCCCC)CS(=O)(=O)O. The minimum atomic E-state index is -3.89. The van der Waals surface area contributed by atoms with Crippen LogP contribution in [-0.4, -0.2) is 18.7 Å². The topological polar surface area (TPSA) is 54.4 Å². The molecule has 246 valence electrons. The lowest BCUT2D eigenvalue weighted by molar-refractivity contribution is 0.410. The highest BCUT2D eigenvalue weighted by Gasteiger charge is 2.16. The van der Waals surface area contributed by atoms with Crippen molar-refractivity contribution in [3.05, 3.63) is 48.6 Å². The molecule has 0 saturated heterocycles. The third kappa shape index (κ3) is 35.1. The largest absolute Gasteiger partial charge is 0.286 e. The highest BCUT2D eigenvalue weighted by molar-refractivity contribution is 7.85. The van der Waals surface area contributed by atoms with Gasteiger partial charge in [-0.05, 0) is 83.0 Å². The van der Waals surface area contributed by atoms with Gasteiger partial charge in [-0.1, -0.05) is 152 Å². The van der Waals surface area contributed by atoms with Crippen molar-refractivity contribution in [3.63, 3.8) is 0 Å². The molecule has 0 rings (SSSR count). The Balaban J connectivity index is 3.75. The molecule has 0 aromatic heterocycles. The molecule has 0 amide bonds. The molecule has 0 aliphatic rings. The molecular formula is C38H70O3S. The summed E-state index contributed by atoms with van der Waals surface area (Å²) in [6.07, 6.45) is 49.6. The molecule has 4 heteroatoms. The molecule has 0 aliphatic carbocycles. The van der Waals surface area contributed by atoms with Gasteiger partial charge in [-0.3, -0.25) is 4.55 Å². The molecule has 0 aliphatic heterocycles.